The predicted octanol–water partition coefficient (Wildman–Crippen LogP) is 3.98. The Labute approximate surface area is 115 Å². The standard InChI is InChI=1S/C17H23NO/c1-12-11-16(17(3,4)10-9-13(2)19)18-15-8-6-5-7-14(12)15/h5-8,11,13,19H,9-10H2,1-4H3. The number of aryl methyl sites for hydroxylation is 1. The highest BCUT2D eigenvalue weighted by Crippen LogP contribution is 2.30. The van der Waals surface area contributed by atoms with Gasteiger partial charge in [-0.05, 0) is 44.4 Å². The second-order valence-corrected chi connectivity index (χ2v) is 6.11. The summed E-state index contributed by atoms with van der Waals surface area (Å²) in [5.74, 6) is 0. The second-order valence-electron chi connectivity index (χ2n) is 6.11. The SMILES string of the molecule is Cc1cc(C(C)(C)CCC(C)O)nc2ccccc12. The molecular weight excluding hydrogens is 234 g/mol. The first-order valence-electron chi connectivity index (χ1n) is 6.95. The molecule has 2 rings (SSSR count). The zero-order valence-electron chi connectivity index (χ0n) is 12.3. The summed E-state index contributed by atoms with van der Waals surface area (Å²) in [5.41, 5.74) is 3.43. The van der Waals surface area contributed by atoms with E-state index < -0.39 is 0 Å². The zero-order valence-corrected chi connectivity index (χ0v) is 12.3. The number of pyridine rings is 1. The quantitative estimate of drug-likeness (QED) is 0.898. The number of fused-ring (bicyclic) bond motifs is 1. The number of hydrogen-bond donors (Lipinski definition) is 1. The first-order chi connectivity index (χ1) is 8.90. The van der Waals surface area contributed by atoms with Crippen molar-refractivity contribution in [3.8, 4) is 0 Å². The van der Waals surface area contributed by atoms with Gasteiger partial charge in [0.05, 0.1) is 11.6 Å². The lowest BCUT2D eigenvalue weighted by molar-refractivity contribution is 0.171. The van der Waals surface area contributed by atoms with E-state index in [1.165, 1.54) is 10.9 Å². The molecule has 0 spiro atoms. The fourth-order valence-corrected chi connectivity index (χ4v) is 2.39. The summed E-state index contributed by atoms with van der Waals surface area (Å²) in [4.78, 5) is 4.80. The van der Waals surface area contributed by atoms with Crippen LogP contribution >= 0.6 is 0 Å². The van der Waals surface area contributed by atoms with Crippen LogP contribution in [0.4, 0.5) is 0 Å². The normalized spacial score (nSPS) is 13.7. The molecule has 0 aliphatic carbocycles. The molecule has 0 amide bonds. The molecule has 2 heteroatoms. The summed E-state index contributed by atoms with van der Waals surface area (Å²) >= 11 is 0. The van der Waals surface area contributed by atoms with Crippen LogP contribution in [-0.2, 0) is 5.41 Å². The Balaban J connectivity index is 2.39. The maximum atomic E-state index is 9.47. The van der Waals surface area contributed by atoms with Crippen molar-refractivity contribution in [2.24, 2.45) is 0 Å². The fourth-order valence-electron chi connectivity index (χ4n) is 2.39. The van der Waals surface area contributed by atoms with Gasteiger partial charge in [-0.2, -0.15) is 0 Å². The lowest BCUT2D eigenvalue weighted by atomic mass is 9.82. The molecule has 0 aliphatic heterocycles. The Bertz CT molecular complexity index is 572. The van der Waals surface area contributed by atoms with E-state index in [1.54, 1.807) is 0 Å². The molecule has 2 aromatic rings. The molecule has 1 heterocycles. The van der Waals surface area contributed by atoms with Crippen molar-refractivity contribution in [3.63, 3.8) is 0 Å². The predicted molar refractivity (Wildman–Crippen MR) is 80.4 cm³/mol. The molecular formula is C17H23NO. The molecule has 1 aromatic heterocycles. The first-order valence-corrected chi connectivity index (χ1v) is 6.95. The maximum absolute atomic E-state index is 9.47. The van der Waals surface area contributed by atoms with Crippen molar-refractivity contribution in [1.82, 2.24) is 4.98 Å². The van der Waals surface area contributed by atoms with E-state index in [4.69, 9.17) is 4.98 Å². The molecule has 1 unspecified atom stereocenters. The number of rotatable bonds is 4. The van der Waals surface area contributed by atoms with Gasteiger partial charge in [-0.15, -0.1) is 0 Å². The minimum atomic E-state index is -0.249. The third kappa shape index (κ3) is 3.13. The number of nitrogens with zero attached hydrogens (tertiary/aromatic N) is 1. The van der Waals surface area contributed by atoms with Crippen LogP contribution in [0.25, 0.3) is 10.9 Å². The van der Waals surface area contributed by atoms with Crippen molar-refractivity contribution in [2.75, 3.05) is 0 Å². The van der Waals surface area contributed by atoms with Crippen molar-refractivity contribution < 1.29 is 5.11 Å². The smallest absolute Gasteiger partial charge is 0.0708 e. The molecule has 0 bridgehead atoms. The molecule has 0 saturated heterocycles. The number of aliphatic hydroxyl groups excluding tert-OH is 1. The highest BCUT2D eigenvalue weighted by Gasteiger charge is 2.23. The molecule has 0 radical (unpaired) electrons. The van der Waals surface area contributed by atoms with Gasteiger partial charge in [-0.1, -0.05) is 32.0 Å². The molecule has 1 atom stereocenters. The number of benzene rings is 1. The number of aromatic nitrogens is 1. The van der Waals surface area contributed by atoms with Crippen molar-refractivity contribution >= 4 is 10.9 Å². The van der Waals surface area contributed by atoms with Crippen LogP contribution < -0.4 is 0 Å². The molecule has 0 aliphatic rings. The van der Waals surface area contributed by atoms with Crippen LogP contribution in [0.15, 0.2) is 30.3 Å². The first kappa shape index (κ1) is 14.0. The largest absolute Gasteiger partial charge is 0.393 e. The molecule has 102 valence electrons. The van der Waals surface area contributed by atoms with Crippen molar-refractivity contribution in [1.29, 1.82) is 0 Å². The monoisotopic (exact) mass is 257 g/mol. The summed E-state index contributed by atoms with van der Waals surface area (Å²) < 4.78 is 0. The van der Waals surface area contributed by atoms with Gasteiger partial charge in [0.2, 0.25) is 0 Å². The van der Waals surface area contributed by atoms with Crippen LogP contribution in [-0.4, -0.2) is 16.2 Å². The van der Waals surface area contributed by atoms with Crippen LogP contribution in [0, 0.1) is 6.92 Å². The summed E-state index contributed by atoms with van der Waals surface area (Å²) in [7, 11) is 0. The van der Waals surface area contributed by atoms with Crippen LogP contribution in [0.1, 0.15) is 44.9 Å². The lowest BCUT2D eigenvalue weighted by Gasteiger charge is -2.25. The van der Waals surface area contributed by atoms with Crippen LogP contribution in [0.2, 0.25) is 0 Å². The Morgan fingerprint density at radius 3 is 2.63 bits per heavy atom. The second kappa shape index (κ2) is 5.30. The van der Waals surface area contributed by atoms with Gasteiger partial charge in [0.25, 0.3) is 0 Å². The van der Waals surface area contributed by atoms with Gasteiger partial charge in [0, 0.05) is 16.5 Å². The molecule has 19 heavy (non-hydrogen) atoms. The highest BCUT2D eigenvalue weighted by molar-refractivity contribution is 5.82. The molecule has 2 nitrogen and oxygen atoms in total. The Morgan fingerprint density at radius 2 is 1.95 bits per heavy atom. The Hall–Kier alpha value is -1.41. The summed E-state index contributed by atoms with van der Waals surface area (Å²) in [6, 6.07) is 10.4. The van der Waals surface area contributed by atoms with Gasteiger partial charge >= 0.3 is 0 Å². The number of aliphatic hydroxyl groups is 1. The van der Waals surface area contributed by atoms with E-state index in [2.05, 4.69) is 45.0 Å². The van der Waals surface area contributed by atoms with Crippen molar-refractivity contribution in [3.05, 3.63) is 41.6 Å². The fraction of sp³-hybridized carbons (Fsp3) is 0.471. The highest BCUT2D eigenvalue weighted by atomic mass is 16.3. The molecule has 0 saturated carbocycles. The Morgan fingerprint density at radius 1 is 1.26 bits per heavy atom. The van der Waals surface area contributed by atoms with E-state index in [-0.39, 0.29) is 11.5 Å². The van der Waals surface area contributed by atoms with E-state index in [9.17, 15) is 5.11 Å². The summed E-state index contributed by atoms with van der Waals surface area (Å²) in [6.07, 6.45) is 1.50. The number of para-hydroxylation sites is 1. The third-order valence-electron chi connectivity index (χ3n) is 3.80. The summed E-state index contributed by atoms with van der Waals surface area (Å²) in [5, 5.41) is 10.7. The van der Waals surface area contributed by atoms with Gasteiger partial charge in [-0.25, -0.2) is 0 Å². The topological polar surface area (TPSA) is 33.1 Å². The van der Waals surface area contributed by atoms with Crippen molar-refractivity contribution in [2.45, 2.75) is 52.1 Å². The molecule has 1 N–H and O–H groups in total. The molecule has 1 aromatic carbocycles. The number of hydrogen-bond acceptors (Lipinski definition) is 2. The van der Waals surface area contributed by atoms with E-state index in [0.29, 0.717) is 0 Å². The average Bonchev–Trinajstić information content (AvgIpc) is 2.36. The van der Waals surface area contributed by atoms with E-state index >= 15 is 0 Å². The molecule has 0 fully saturated rings. The van der Waals surface area contributed by atoms with Crippen LogP contribution in [0.5, 0.6) is 0 Å². The maximum Gasteiger partial charge on any atom is 0.0708 e. The van der Waals surface area contributed by atoms with Gasteiger partial charge in [0.1, 0.15) is 0 Å². The zero-order chi connectivity index (χ0) is 14.0. The van der Waals surface area contributed by atoms with E-state index in [0.717, 1.165) is 24.1 Å². The minimum Gasteiger partial charge on any atom is -0.393 e. The lowest BCUT2D eigenvalue weighted by Crippen LogP contribution is -2.21. The van der Waals surface area contributed by atoms with Gasteiger partial charge < -0.3 is 5.11 Å². The third-order valence-corrected chi connectivity index (χ3v) is 3.80. The van der Waals surface area contributed by atoms with Gasteiger partial charge in [0.15, 0.2) is 0 Å². The average molecular weight is 257 g/mol. The van der Waals surface area contributed by atoms with Gasteiger partial charge in [-0.3, -0.25) is 4.98 Å². The van der Waals surface area contributed by atoms with E-state index in [1.807, 2.05) is 13.0 Å². The minimum absolute atomic E-state index is 0.00815. The van der Waals surface area contributed by atoms with Crippen LogP contribution in [0.3, 0.4) is 0 Å². The Kier molecular flexibility index (Phi) is 3.91. The summed E-state index contributed by atoms with van der Waals surface area (Å²) in [6.45, 7) is 8.38.